The van der Waals surface area contributed by atoms with Crippen molar-refractivity contribution < 1.29 is 14.3 Å². The Morgan fingerprint density at radius 3 is 2.64 bits per heavy atom. The summed E-state index contributed by atoms with van der Waals surface area (Å²) in [6, 6.07) is 7.88. The third-order valence-electron chi connectivity index (χ3n) is 5.24. The summed E-state index contributed by atoms with van der Waals surface area (Å²) in [5.74, 6) is 0.773. The Bertz CT molecular complexity index is 594. The van der Waals surface area contributed by atoms with Gasteiger partial charge in [-0.1, -0.05) is 26.0 Å². The van der Waals surface area contributed by atoms with Crippen LogP contribution >= 0.6 is 12.4 Å². The number of nitrogens with two attached hydrogens (primary N) is 1. The standard InChI is InChI=1S/C19H30N2O3.ClH/c1-6-23-16-13-19(20,18(16,3)4)17(22)21(5)10-11-24-15-9-7-8-14(2)12-15;/h7-9,12,16H,6,10-11,13,20H2,1-5H3;1H. The van der Waals surface area contributed by atoms with Crippen LogP contribution in [0.2, 0.25) is 0 Å². The first-order chi connectivity index (χ1) is 11.2. The Hall–Kier alpha value is -1.30. The summed E-state index contributed by atoms with van der Waals surface area (Å²) < 4.78 is 11.4. The zero-order chi connectivity index (χ0) is 18.0. The van der Waals surface area contributed by atoms with E-state index in [1.165, 1.54) is 0 Å². The molecule has 6 heteroatoms. The molecule has 0 heterocycles. The second-order valence-electron chi connectivity index (χ2n) is 7.23. The molecule has 1 aliphatic carbocycles. The lowest BCUT2D eigenvalue weighted by atomic mass is 9.54. The number of halogens is 1. The molecule has 1 aliphatic rings. The number of likely N-dealkylation sites (N-methyl/N-ethyl adjacent to an activating group) is 1. The normalized spacial score (nSPS) is 24.0. The van der Waals surface area contributed by atoms with Gasteiger partial charge in [0, 0.05) is 25.5 Å². The molecule has 142 valence electrons. The number of ether oxygens (including phenoxy) is 2. The molecule has 0 saturated heterocycles. The fourth-order valence-corrected chi connectivity index (χ4v) is 3.25. The second-order valence-corrected chi connectivity index (χ2v) is 7.23. The van der Waals surface area contributed by atoms with Crippen molar-refractivity contribution in [3.63, 3.8) is 0 Å². The van der Waals surface area contributed by atoms with Crippen LogP contribution in [0.15, 0.2) is 24.3 Å². The summed E-state index contributed by atoms with van der Waals surface area (Å²) in [5, 5.41) is 0. The lowest BCUT2D eigenvalue weighted by molar-refractivity contribution is -0.178. The number of hydrogen-bond donors (Lipinski definition) is 1. The van der Waals surface area contributed by atoms with Crippen LogP contribution in [0.3, 0.4) is 0 Å². The van der Waals surface area contributed by atoms with Crippen LogP contribution in [0.5, 0.6) is 5.75 Å². The minimum atomic E-state index is -0.870. The van der Waals surface area contributed by atoms with Crippen molar-refractivity contribution in [3.8, 4) is 5.75 Å². The average molecular weight is 371 g/mol. The number of benzene rings is 1. The van der Waals surface area contributed by atoms with Crippen LogP contribution in [0.25, 0.3) is 0 Å². The summed E-state index contributed by atoms with van der Waals surface area (Å²) in [4.78, 5) is 14.5. The number of carbonyl (C=O) groups excluding carboxylic acids is 1. The molecule has 2 atom stereocenters. The maximum Gasteiger partial charge on any atom is 0.243 e. The van der Waals surface area contributed by atoms with Gasteiger partial charge in [-0.15, -0.1) is 12.4 Å². The Morgan fingerprint density at radius 1 is 1.40 bits per heavy atom. The van der Waals surface area contributed by atoms with E-state index in [0.717, 1.165) is 11.3 Å². The van der Waals surface area contributed by atoms with Crippen molar-refractivity contribution in [2.45, 2.75) is 45.8 Å². The molecule has 0 spiro atoms. The fourth-order valence-electron chi connectivity index (χ4n) is 3.25. The lowest BCUT2D eigenvalue weighted by Crippen LogP contribution is -2.75. The molecule has 1 amide bonds. The highest BCUT2D eigenvalue weighted by Crippen LogP contribution is 2.50. The van der Waals surface area contributed by atoms with Gasteiger partial charge in [-0.2, -0.15) is 0 Å². The summed E-state index contributed by atoms with van der Waals surface area (Å²) in [7, 11) is 1.78. The van der Waals surface area contributed by atoms with E-state index >= 15 is 0 Å². The molecule has 1 aromatic rings. The van der Waals surface area contributed by atoms with E-state index in [-0.39, 0.29) is 29.8 Å². The van der Waals surface area contributed by atoms with Gasteiger partial charge in [-0.3, -0.25) is 4.79 Å². The number of nitrogens with zero attached hydrogens (tertiary/aromatic N) is 1. The molecule has 1 aromatic carbocycles. The largest absolute Gasteiger partial charge is 0.492 e. The molecule has 0 aromatic heterocycles. The third kappa shape index (κ3) is 4.27. The average Bonchev–Trinajstić information content (AvgIpc) is 2.53. The number of rotatable bonds is 7. The molecular weight excluding hydrogens is 340 g/mol. The molecule has 2 unspecified atom stereocenters. The van der Waals surface area contributed by atoms with E-state index in [2.05, 4.69) is 0 Å². The van der Waals surface area contributed by atoms with Gasteiger partial charge >= 0.3 is 0 Å². The molecule has 5 nitrogen and oxygen atoms in total. The van der Waals surface area contributed by atoms with Crippen molar-refractivity contribution >= 4 is 18.3 Å². The van der Waals surface area contributed by atoms with E-state index in [0.29, 0.717) is 26.2 Å². The van der Waals surface area contributed by atoms with Crippen molar-refractivity contribution in [2.24, 2.45) is 11.1 Å². The zero-order valence-corrected chi connectivity index (χ0v) is 16.7. The van der Waals surface area contributed by atoms with Gasteiger partial charge in [-0.25, -0.2) is 0 Å². The van der Waals surface area contributed by atoms with Gasteiger partial charge in [0.25, 0.3) is 0 Å². The first kappa shape index (κ1) is 21.7. The molecule has 0 bridgehead atoms. The molecule has 0 aliphatic heterocycles. The molecular formula is C19H31ClN2O3. The van der Waals surface area contributed by atoms with Gasteiger partial charge in [0.1, 0.15) is 17.9 Å². The molecule has 1 saturated carbocycles. The highest BCUT2D eigenvalue weighted by Gasteiger charge is 2.63. The maximum atomic E-state index is 12.8. The predicted molar refractivity (Wildman–Crippen MR) is 102 cm³/mol. The van der Waals surface area contributed by atoms with Crippen molar-refractivity contribution in [3.05, 3.63) is 29.8 Å². The number of hydrogen-bond acceptors (Lipinski definition) is 4. The van der Waals surface area contributed by atoms with Crippen LogP contribution in [0.1, 0.15) is 32.8 Å². The minimum absolute atomic E-state index is 0. The van der Waals surface area contributed by atoms with Crippen molar-refractivity contribution in [1.29, 1.82) is 0 Å². The SMILES string of the molecule is CCOC1CC(N)(C(=O)N(C)CCOc2cccc(C)c2)C1(C)C.Cl. The van der Waals surface area contributed by atoms with E-state index in [9.17, 15) is 4.79 Å². The molecule has 2 rings (SSSR count). The predicted octanol–water partition coefficient (Wildman–Crippen LogP) is 2.79. The van der Waals surface area contributed by atoms with Gasteiger partial charge in [0.15, 0.2) is 0 Å². The molecule has 1 fully saturated rings. The first-order valence-electron chi connectivity index (χ1n) is 8.58. The Kier molecular flexibility index (Phi) is 7.29. The Labute approximate surface area is 157 Å². The monoisotopic (exact) mass is 370 g/mol. The highest BCUT2D eigenvalue weighted by atomic mass is 35.5. The van der Waals surface area contributed by atoms with Gasteiger partial charge in [0.05, 0.1) is 12.6 Å². The Morgan fingerprint density at radius 2 is 2.08 bits per heavy atom. The molecule has 0 radical (unpaired) electrons. The van der Waals surface area contributed by atoms with Crippen molar-refractivity contribution in [1.82, 2.24) is 4.90 Å². The summed E-state index contributed by atoms with van der Waals surface area (Å²) in [6.45, 7) is 9.58. The first-order valence-corrected chi connectivity index (χ1v) is 8.58. The number of carbonyl (C=O) groups is 1. The van der Waals surface area contributed by atoms with E-state index < -0.39 is 5.54 Å². The van der Waals surface area contributed by atoms with Crippen LogP contribution in [-0.2, 0) is 9.53 Å². The van der Waals surface area contributed by atoms with E-state index in [1.807, 2.05) is 52.0 Å². The number of aryl methyl sites for hydroxylation is 1. The highest BCUT2D eigenvalue weighted by molar-refractivity contribution is 5.88. The van der Waals surface area contributed by atoms with Crippen LogP contribution in [0.4, 0.5) is 0 Å². The summed E-state index contributed by atoms with van der Waals surface area (Å²) >= 11 is 0. The fraction of sp³-hybridized carbons (Fsp3) is 0.632. The van der Waals surface area contributed by atoms with E-state index in [1.54, 1.807) is 11.9 Å². The molecule has 2 N–H and O–H groups in total. The van der Waals surface area contributed by atoms with Crippen molar-refractivity contribution in [2.75, 3.05) is 26.8 Å². The Balaban J connectivity index is 0.00000312. The molecule has 25 heavy (non-hydrogen) atoms. The lowest BCUT2D eigenvalue weighted by Gasteiger charge is -2.58. The van der Waals surface area contributed by atoms with E-state index in [4.69, 9.17) is 15.2 Å². The summed E-state index contributed by atoms with van der Waals surface area (Å²) in [6.07, 6.45) is 0.601. The maximum absolute atomic E-state index is 12.8. The van der Waals surface area contributed by atoms with Gasteiger partial charge in [0.2, 0.25) is 5.91 Å². The number of amides is 1. The van der Waals surface area contributed by atoms with Crippen LogP contribution in [0, 0.1) is 12.3 Å². The topological polar surface area (TPSA) is 64.8 Å². The second kappa shape index (κ2) is 8.39. The zero-order valence-electron chi connectivity index (χ0n) is 15.9. The third-order valence-corrected chi connectivity index (χ3v) is 5.24. The van der Waals surface area contributed by atoms with Crippen LogP contribution in [-0.4, -0.2) is 49.3 Å². The minimum Gasteiger partial charge on any atom is -0.492 e. The smallest absolute Gasteiger partial charge is 0.243 e. The van der Waals surface area contributed by atoms with Gasteiger partial charge in [-0.05, 0) is 31.5 Å². The van der Waals surface area contributed by atoms with Gasteiger partial charge < -0.3 is 20.1 Å². The van der Waals surface area contributed by atoms with Crippen LogP contribution < -0.4 is 10.5 Å². The quantitative estimate of drug-likeness (QED) is 0.801. The summed E-state index contributed by atoms with van der Waals surface area (Å²) in [5.41, 5.74) is 6.35.